The fraction of sp³-hybridized carbons (Fsp3) is 0.235. The van der Waals surface area contributed by atoms with Crippen LogP contribution in [0.2, 0.25) is 0 Å². The summed E-state index contributed by atoms with van der Waals surface area (Å²) in [5, 5.41) is 11.6. The average molecular weight is 299 g/mol. The highest BCUT2D eigenvalue weighted by Crippen LogP contribution is 2.18. The van der Waals surface area contributed by atoms with Crippen molar-refractivity contribution in [3.63, 3.8) is 0 Å². The van der Waals surface area contributed by atoms with Crippen molar-refractivity contribution in [2.24, 2.45) is 0 Å². The molecule has 1 aromatic carbocycles. The first-order valence-corrected chi connectivity index (χ1v) is 7.49. The van der Waals surface area contributed by atoms with Crippen LogP contribution in [-0.2, 0) is 0 Å². The molecule has 2 rings (SSSR count). The Morgan fingerprint density at radius 2 is 2.00 bits per heavy atom. The molecule has 0 aliphatic rings. The molecule has 0 fully saturated rings. The van der Waals surface area contributed by atoms with Crippen LogP contribution in [0.1, 0.15) is 38.6 Å². The number of amides is 1. The molecule has 0 aliphatic carbocycles. The molecule has 0 saturated heterocycles. The fourth-order valence-corrected chi connectivity index (χ4v) is 2.68. The summed E-state index contributed by atoms with van der Waals surface area (Å²) in [5.41, 5.74) is 1.87. The molecule has 0 radical (unpaired) electrons. The Labute approximate surface area is 128 Å². The minimum Gasteiger partial charge on any atom is -0.384 e. The van der Waals surface area contributed by atoms with E-state index >= 15 is 0 Å². The van der Waals surface area contributed by atoms with Crippen molar-refractivity contribution in [2.75, 3.05) is 6.61 Å². The van der Waals surface area contributed by atoms with Crippen LogP contribution in [0.5, 0.6) is 0 Å². The highest BCUT2D eigenvalue weighted by Gasteiger charge is 2.12. The van der Waals surface area contributed by atoms with Crippen molar-refractivity contribution < 1.29 is 9.90 Å². The summed E-state index contributed by atoms with van der Waals surface area (Å²) in [7, 11) is 0. The van der Waals surface area contributed by atoms with Gasteiger partial charge in [0.25, 0.3) is 5.91 Å². The van der Waals surface area contributed by atoms with Gasteiger partial charge in [-0.3, -0.25) is 4.79 Å². The van der Waals surface area contributed by atoms with E-state index in [1.165, 1.54) is 11.3 Å². The largest absolute Gasteiger partial charge is 0.384 e. The lowest BCUT2D eigenvalue weighted by atomic mass is 10.1. The highest BCUT2D eigenvalue weighted by molar-refractivity contribution is 7.13. The zero-order valence-electron chi connectivity index (χ0n) is 12.0. The second-order valence-corrected chi connectivity index (χ2v) is 5.98. The van der Waals surface area contributed by atoms with Gasteiger partial charge < -0.3 is 10.4 Å². The molecular formula is C17H17NO2S. The third kappa shape index (κ3) is 4.19. The Bertz CT molecular complexity index is 677. The molecule has 0 aliphatic heterocycles. The molecular weight excluding hydrogens is 282 g/mol. The number of rotatable bonds is 3. The highest BCUT2D eigenvalue weighted by atomic mass is 32.1. The lowest BCUT2D eigenvalue weighted by Gasteiger charge is -2.13. The van der Waals surface area contributed by atoms with E-state index in [-0.39, 0.29) is 18.6 Å². The van der Waals surface area contributed by atoms with Gasteiger partial charge in [-0.25, -0.2) is 0 Å². The van der Waals surface area contributed by atoms with E-state index in [1.54, 1.807) is 0 Å². The van der Waals surface area contributed by atoms with Crippen molar-refractivity contribution in [1.29, 1.82) is 0 Å². The molecule has 108 valence electrons. The molecule has 0 bridgehead atoms. The molecule has 1 unspecified atom stereocenters. The maximum atomic E-state index is 12.1. The predicted octanol–water partition coefficient (Wildman–Crippen LogP) is 2.89. The van der Waals surface area contributed by atoms with E-state index in [9.17, 15) is 4.79 Å². The molecule has 1 heterocycles. The van der Waals surface area contributed by atoms with Gasteiger partial charge >= 0.3 is 0 Å². The van der Waals surface area contributed by atoms with E-state index in [4.69, 9.17) is 5.11 Å². The molecule has 1 aromatic heterocycles. The summed E-state index contributed by atoms with van der Waals surface area (Å²) in [6.07, 6.45) is 0. The van der Waals surface area contributed by atoms with Crippen LogP contribution in [0.4, 0.5) is 0 Å². The Morgan fingerprint density at radius 3 is 2.57 bits per heavy atom. The smallest absolute Gasteiger partial charge is 0.261 e. The third-order valence-electron chi connectivity index (χ3n) is 3.03. The number of aliphatic hydroxyl groups is 1. The van der Waals surface area contributed by atoms with Gasteiger partial charge in [0, 0.05) is 10.4 Å². The summed E-state index contributed by atoms with van der Waals surface area (Å²) in [4.78, 5) is 14.0. The number of hydrogen-bond acceptors (Lipinski definition) is 3. The van der Waals surface area contributed by atoms with Crippen LogP contribution in [0.3, 0.4) is 0 Å². The SMILES string of the molecule is Cc1ccc(C(=O)NC(C)c2ccc(C#CCO)cc2)s1. The van der Waals surface area contributed by atoms with E-state index in [0.29, 0.717) is 0 Å². The second kappa shape index (κ2) is 7.07. The number of hydrogen-bond donors (Lipinski definition) is 2. The zero-order chi connectivity index (χ0) is 15.2. The summed E-state index contributed by atoms with van der Waals surface area (Å²) in [6.45, 7) is 3.79. The van der Waals surface area contributed by atoms with Crippen molar-refractivity contribution in [2.45, 2.75) is 19.9 Å². The van der Waals surface area contributed by atoms with Gasteiger partial charge in [0.1, 0.15) is 6.61 Å². The molecule has 3 nitrogen and oxygen atoms in total. The third-order valence-corrected chi connectivity index (χ3v) is 4.03. The van der Waals surface area contributed by atoms with Gasteiger partial charge in [0.05, 0.1) is 10.9 Å². The summed E-state index contributed by atoms with van der Waals surface area (Å²) >= 11 is 1.49. The molecule has 2 aromatic rings. The van der Waals surface area contributed by atoms with Gasteiger partial charge in [0.15, 0.2) is 0 Å². The van der Waals surface area contributed by atoms with Crippen molar-refractivity contribution >= 4 is 17.2 Å². The average Bonchev–Trinajstić information content (AvgIpc) is 2.92. The van der Waals surface area contributed by atoms with Gasteiger partial charge in [-0.05, 0) is 43.7 Å². The first kappa shape index (κ1) is 15.3. The Kier molecular flexibility index (Phi) is 5.15. The van der Waals surface area contributed by atoms with Crippen LogP contribution in [-0.4, -0.2) is 17.6 Å². The van der Waals surface area contributed by atoms with Gasteiger partial charge in [-0.1, -0.05) is 24.0 Å². The number of thiophene rings is 1. The summed E-state index contributed by atoms with van der Waals surface area (Å²) < 4.78 is 0. The molecule has 1 atom stereocenters. The standard InChI is InChI=1S/C17H17NO2S/c1-12-5-10-16(21-12)17(20)18-13(2)15-8-6-14(7-9-15)4-3-11-19/h5-10,13,19H,11H2,1-2H3,(H,18,20). The fourth-order valence-electron chi connectivity index (χ4n) is 1.90. The van der Waals surface area contributed by atoms with E-state index in [1.807, 2.05) is 50.2 Å². The maximum Gasteiger partial charge on any atom is 0.261 e. The number of carbonyl (C=O) groups is 1. The number of benzene rings is 1. The molecule has 21 heavy (non-hydrogen) atoms. The number of aliphatic hydroxyl groups excluding tert-OH is 1. The number of nitrogens with one attached hydrogen (secondary N) is 1. The monoisotopic (exact) mass is 299 g/mol. The van der Waals surface area contributed by atoms with Crippen LogP contribution >= 0.6 is 11.3 Å². The molecule has 0 saturated carbocycles. The van der Waals surface area contributed by atoms with Crippen LogP contribution in [0.15, 0.2) is 36.4 Å². The quantitative estimate of drug-likeness (QED) is 0.856. The Morgan fingerprint density at radius 1 is 1.29 bits per heavy atom. The lowest BCUT2D eigenvalue weighted by Crippen LogP contribution is -2.25. The summed E-state index contributed by atoms with van der Waals surface area (Å²) in [6, 6.07) is 11.4. The normalized spacial score (nSPS) is 11.4. The van der Waals surface area contributed by atoms with Crippen LogP contribution < -0.4 is 5.32 Å². The van der Waals surface area contributed by atoms with Crippen LogP contribution in [0, 0.1) is 18.8 Å². The predicted molar refractivity (Wildman–Crippen MR) is 85.3 cm³/mol. The minimum absolute atomic E-state index is 0.0512. The molecule has 1 amide bonds. The van der Waals surface area contributed by atoms with Crippen molar-refractivity contribution in [3.05, 3.63) is 57.3 Å². The van der Waals surface area contributed by atoms with Gasteiger partial charge in [-0.15, -0.1) is 11.3 Å². The molecule has 2 N–H and O–H groups in total. The van der Waals surface area contributed by atoms with E-state index in [2.05, 4.69) is 17.2 Å². The topological polar surface area (TPSA) is 49.3 Å². The number of carbonyl (C=O) groups excluding carboxylic acids is 1. The van der Waals surface area contributed by atoms with Crippen molar-refractivity contribution in [1.82, 2.24) is 5.32 Å². The van der Waals surface area contributed by atoms with E-state index in [0.717, 1.165) is 20.9 Å². The maximum absolute atomic E-state index is 12.1. The summed E-state index contributed by atoms with van der Waals surface area (Å²) in [5.74, 6) is 5.40. The minimum atomic E-state index is -0.144. The number of aryl methyl sites for hydroxylation is 1. The Balaban J connectivity index is 2.03. The second-order valence-electron chi connectivity index (χ2n) is 4.69. The van der Waals surface area contributed by atoms with Crippen LogP contribution in [0.25, 0.3) is 0 Å². The Hall–Kier alpha value is -2.09. The zero-order valence-corrected chi connectivity index (χ0v) is 12.8. The van der Waals surface area contributed by atoms with E-state index < -0.39 is 0 Å². The molecule has 0 spiro atoms. The van der Waals surface area contributed by atoms with Crippen molar-refractivity contribution in [3.8, 4) is 11.8 Å². The van der Waals surface area contributed by atoms with Gasteiger partial charge in [-0.2, -0.15) is 0 Å². The van der Waals surface area contributed by atoms with Gasteiger partial charge in [0.2, 0.25) is 0 Å². The molecule has 4 heteroatoms. The lowest BCUT2D eigenvalue weighted by molar-refractivity contribution is 0.0944. The first-order chi connectivity index (χ1) is 10.1. The first-order valence-electron chi connectivity index (χ1n) is 6.67.